The zero-order chi connectivity index (χ0) is 13.2. The van der Waals surface area contributed by atoms with E-state index >= 15 is 0 Å². The predicted molar refractivity (Wildman–Crippen MR) is 73.3 cm³/mol. The molecule has 6 heteroatoms. The minimum Gasteiger partial charge on any atom is -0.361 e. The number of para-hydroxylation sites is 1. The van der Waals surface area contributed by atoms with E-state index in [-0.39, 0.29) is 11.2 Å². The van der Waals surface area contributed by atoms with E-state index in [1.807, 2.05) is 18.2 Å². The molecule has 5 nitrogen and oxygen atoms in total. The van der Waals surface area contributed by atoms with Gasteiger partial charge in [-0.3, -0.25) is 4.79 Å². The van der Waals surface area contributed by atoms with Crippen molar-refractivity contribution in [2.24, 2.45) is 0 Å². The summed E-state index contributed by atoms with van der Waals surface area (Å²) >= 11 is 5.67. The molecule has 0 saturated heterocycles. The molecule has 94 valence electrons. The molecule has 1 amide bonds. The molecule has 0 radical (unpaired) electrons. The molecule has 0 spiro atoms. The summed E-state index contributed by atoms with van der Waals surface area (Å²) in [6.07, 6.45) is 3.28. The molecule has 0 unspecified atom stereocenters. The fourth-order valence-corrected chi connectivity index (χ4v) is 2.01. The number of fused-ring (bicyclic) bond motifs is 1. The number of nitrogens with zero attached hydrogens (tertiary/aromatic N) is 2. The van der Waals surface area contributed by atoms with Crippen molar-refractivity contribution in [2.75, 3.05) is 5.32 Å². The van der Waals surface area contributed by atoms with E-state index in [9.17, 15) is 4.79 Å². The van der Waals surface area contributed by atoms with Crippen LogP contribution in [0.25, 0.3) is 10.9 Å². The number of hydrogen-bond donors (Lipinski definition) is 2. The highest BCUT2D eigenvalue weighted by molar-refractivity contribution is 6.28. The molecule has 0 atom stereocenters. The number of carbonyl (C=O) groups excluding carboxylic acids is 1. The van der Waals surface area contributed by atoms with Gasteiger partial charge >= 0.3 is 0 Å². The van der Waals surface area contributed by atoms with Crippen molar-refractivity contribution in [1.82, 2.24) is 15.0 Å². The minimum absolute atomic E-state index is 0.0934. The molecule has 0 saturated carbocycles. The lowest BCUT2D eigenvalue weighted by Gasteiger charge is -2.05. The van der Waals surface area contributed by atoms with Crippen molar-refractivity contribution in [3.05, 3.63) is 53.6 Å². The third kappa shape index (κ3) is 2.28. The van der Waals surface area contributed by atoms with Crippen molar-refractivity contribution in [2.45, 2.75) is 0 Å². The summed E-state index contributed by atoms with van der Waals surface area (Å²) in [5, 5.41) is 3.76. The SMILES string of the molecule is O=C(Nc1ccnc(Cl)n1)c1cccc2cc[nH]c12. The van der Waals surface area contributed by atoms with Crippen molar-refractivity contribution < 1.29 is 4.79 Å². The number of aromatic nitrogens is 3. The molecular formula is C13H9ClN4O. The quantitative estimate of drug-likeness (QED) is 0.705. The Morgan fingerprint density at radius 3 is 3.00 bits per heavy atom. The van der Waals surface area contributed by atoms with Crippen molar-refractivity contribution in [1.29, 1.82) is 0 Å². The van der Waals surface area contributed by atoms with Crippen LogP contribution >= 0.6 is 11.6 Å². The van der Waals surface area contributed by atoms with Gasteiger partial charge in [-0.15, -0.1) is 0 Å². The van der Waals surface area contributed by atoms with Gasteiger partial charge in [-0.2, -0.15) is 0 Å². The topological polar surface area (TPSA) is 70.7 Å². The van der Waals surface area contributed by atoms with E-state index in [1.165, 1.54) is 6.20 Å². The van der Waals surface area contributed by atoms with Crippen LogP contribution < -0.4 is 5.32 Å². The Labute approximate surface area is 113 Å². The molecule has 1 aromatic carbocycles. The second kappa shape index (κ2) is 4.70. The molecule has 19 heavy (non-hydrogen) atoms. The Hall–Kier alpha value is -2.40. The minimum atomic E-state index is -0.247. The van der Waals surface area contributed by atoms with Crippen LogP contribution in [0.2, 0.25) is 5.28 Å². The first-order valence-electron chi connectivity index (χ1n) is 5.60. The maximum Gasteiger partial charge on any atom is 0.258 e. The highest BCUT2D eigenvalue weighted by Crippen LogP contribution is 2.18. The Morgan fingerprint density at radius 1 is 1.26 bits per heavy atom. The number of H-pyrrole nitrogens is 1. The zero-order valence-corrected chi connectivity index (χ0v) is 10.5. The van der Waals surface area contributed by atoms with Crippen molar-refractivity contribution in [3.63, 3.8) is 0 Å². The smallest absolute Gasteiger partial charge is 0.258 e. The maximum absolute atomic E-state index is 12.2. The molecule has 2 N–H and O–H groups in total. The summed E-state index contributed by atoms with van der Waals surface area (Å²) in [4.78, 5) is 22.9. The number of benzene rings is 1. The van der Waals surface area contributed by atoms with Gasteiger partial charge in [0.2, 0.25) is 5.28 Å². The van der Waals surface area contributed by atoms with Crippen LogP contribution in [0.1, 0.15) is 10.4 Å². The second-order valence-electron chi connectivity index (χ2n) is 3.91. The average molecular weight is 273 g/mol. The van der Waals surface area contributed by atoms with E-state index in [0.717, 1.165) is 10.9 Å². The van der Waals surface area contributed by atoms with Gasteiger partial charge in [-0.1, -0.05) is 12.1 Å². The zero-order valence-electron chi connectivity index (χ0n) is 9.72. The van der Waals surface area contributed by atoms with Gasteiger partial charge in [0.05, 0.1) is 11.1 Å². The van der Waals surface area contributed by atoms with Crippen LogP contribution in [0.3, 0.4) is 0 Å². The van der Waals surface area contributed by atoms with E-state index in [4.69, 9.17) is 11.6 Å². The molecule has 0 fully saturated rings. The molecule has 0 aliphatic heterocycles. The van der Waals surface area contributed by atoms with Crippen LogP contribution in [0.4, 0.5) is 5.82 Å². The van der Waals surface area contributed by atoms with Crippen LogP contribution in [0, 0.1) is 0 Å². The number of aromatic amines is 1. The lowest BCUT2D eigenvalue weighted by Crippen LogP contribution is -2.13. The standard InChI is InChI=1S/C13H9ClN4O/c14-13-16-7-5-10(18-13)17-12(19)9-3-1-2-8-4-6-15-11(8)9/h1-7,15H,(H,16,17,18,19). The summed E-state index contributed by atoms with van der Waals surface area (Å²) in [5.74, 6) is 0.122. The lowest BCUT2D eigenvalue weighted by atomic mass is 10.1. The number of amides is 1. The number of halogens is 1. The maximum atomic E-state index is 12.2. The molecule has 0 aliphatic rings. The highest BCUT2D eigenvalue weighted by atomic mass is 35.5. The number of anilines is 1. The molecule has 0 bridgehead atoms. The van der Waals surface area contributed by atoms with E-state index in [2.05, 4.69) is 20.3 Å². The molecule has 0 aliphatic carbocycles. The Bertz CT molecular complexity index is 753. The highest BCUT2D eigenvalue weighted by Gasteiger charge is 2.11. The summed E-state index contributed by atoms with van der Waals surface area (Å²) < 4.78 is 0. The summed E-state index contributed by atoms with van der Waals surface area (Å²) in [6, 6.07) is 9.01. The molecule has 2 heterocycles. The Morgan fingerprint density at radius 2 is 2.16 bits per heavy atom. The normalized spacial score (nSPS) is 10.6. The Kier molecular flexibility index (Phi) is 2.89. The predicted octanol–water partition coefficient (Wildman–Crippen LogP) is 2.86. The van der Waals surface area contributed by atoms with Crippen molar-refractivity contribution in [3.8, 4) is 0 Å². The van der Waals surface area contributed by atoms with Crippen LogP contribution in [0.5, 0.6) is 0 Å². The van der Waals surface area contributed by atoms with Gasteiger partial charge in [0, 0.05) is 17.8 Å². The van der Waals surface area contributed by atoms with Gasteiger partial charge in [-0.05, 0) is 29.8 Å². The van der Waals surface area contributed by atoms with Gasteiger partial charge in [-0.25, -0.2) is 9.97 Å². The number of hydrogen-bond acceptors (Lipinski definition) is 3. The molecule has 3 aromatic rings. The summed E-state index contributed by atoms with van der Waals surface area (Å²) in [6.45, 7) is 0. The van der Waals surface area contributed by atoms with E-state index in [1.54, 1.807) is 18.3 Å². The first-order chi connectivity index (χ1) is 9.24. The third-order valence-corrected chi connectivity index (χ3v) is 2.88. The second-order valence-corrected chi connectivity index (χ2v) is 4.25. The number of rotatable bonds is 2. The fraction of sp³-hybridized carbons (Fsp3) is 0. The molecule has 2 aromatic heterocycles. The van der Waals surface area contributed by atoms with Crippen LogP contribution in [-0.2, 0) is 0 Å². The first kappa shape index (κ1) is 11.7. The molecular weight excluding hydrogens is 264 g/mol. The largest absolute Gasteiger partial charge is 0.361 e. The van der Waals surface area contributed by atoms with Gasteiger partial charge in [0.1, 0.15) is 5.82 Å². The average Bonchev–Trinajstić information content (AvgIpc) is 2.86. The summed E-state index contributed by atoms with van der Waals surface area (Å²) in [7, 11) is 0. The number of nitrogens with one attached hydrogen (secondary N) is 2. The van der Waals surface area contributed by atoms with Gasteiger partial charge in [0.15, 0.2) is 0 Å². The van der Waals surface area contributed by atoms with Gasteiger partial charge in [0.25, 0.3) is 5.91 Å². The lowest BCUT2D eigenvalue weighted by molar-refractivity contribution is 0.102. The van der Waals surface area contributed by atoms with Crippen LogP contribution in [0.15, 0.2) is 42.7 Å². The number of carbonyl (C=O) groups is 1. The van der Waals surface area contributed by atoms with E-state index in [0.29, 0.717) is 11.4 Å². The fourth-order valence-electron chi connectivity index (χ4n) is 1.86. The third-order valence-electron chi connectivity index (χ3n) is 2.70. The summed E-state index contributed by atoms with van der Waals surface area (Å²) in [5.41, 5.74) is 1.34. The van der Waals surface area contributed by atoms with Gasteiger partial charge < -0.3 is 10.3 Å². The monoisotopic (exact) mass is 272 g/mol. The Balaban J connectivity index is 1.94. The van der Waals surface area contributed by atoms with E-state index < -0.39 is 0 Å². The van der Waals surface area contributed by atoms with Crippen LogP contribution in [-0.4, -0.2) is 20.9 Å². The van der Waals surface area contributed by atoms with Crippen molar-refractivity contribution >= 4 is 34.2 Å². The first-order valence-corrected chi connectivity index (χ1v) is 5.98. The molecule has 3 rings (SSSR count).